The molecule has 1 aliphatic rings. The third kappa shape index (κ3) is 3.28. The third-order valence-corrected chi connectivity index (χ3v) is 6.19. The van der Waals surface area contributed by atoms with E-state index in [2.05, 4.69) is 32.3 Å². The second-order valence-corrected chi connectivity index (χ2v) is 10.6. The predicted molar refractivity (Wildman–Crippen MR) is 58.4 cm³/mol. The highest BCUT2D eigenvalue weighted by molar-refractivity contribution is 6.77. The number of nitrogens with one attached hydrogen (secondary N) is 1. The molecular weight excluding hydrogens is 162 g/mol. The summed E-state index contributed by atoms with van der Waals surface area (Å²) in [5.41, 5.74) is 0. The van der Waals surface area contributed by atoms with E-state index < -0.39 is 8.07 Å². The van der Waals surface area contributed by atoms with Crippen LogP contribution in [-0.4, -0.2) is 20.2 Å². The predicted octanol–water partition coefficient (Wildman–Crippen LogP) is 2.86. The van der Waals surface area contributed by atoms with Crippen LogP contribution in [0.5, 0.6) is 0 Å². The van der Waals surface area contributed by atoms with E-state index in [4.69, 9.17) is 0 Å². The second kappa shape index (κ2) is 3.92. The van der Waals surface area contributed by atoms with Crippen LogP contribution in [0.2, 0.25) is 25.2 Å². The van der Waals surface area contributed by atoms with Gasteiger partial charge in [0.05, 0.1) is 0 Å². The molecule has 1 saturated heterocycles. The van der Waals surface area contributed by atoms with E-state index in [1.54, 1.807) is 0 Å². The first kappa shape index (κ1) is 10.3. The van der Waals surface area contributed by atoms with Gasteiger partial charge in [0.25, 0.3) is 0 Å². The molecule has 1 N–H and O–H groups in total. The van der Waals surface area contributed by atoms with Crippen molar-refractivity contribution in [3.63, 3.8) is 0 Å². The van der Waals surface area contributed by atoms with Crippen molar-refractivity contribution in [3.05, 3.63) is 0 Å². The molecule has 0 unspecified atom stereocenters. The lowest BCUT2D eigenvalue weighted by Crippen LogP contribution is -2.42. The van der Waals surface area contributed by atoms with Crippen LogP contribution in [0.4, 0.5) is 0 Å². The second-order valence-electron chi connectivity index (χ2n) is 5.26. The van der Waals surface area contributed by atoms with Gasteiger partial charge >= 0.3 is 0 Å². The van der Waals surface area contributed by atoms with Crippen molar-refractivity contribution in [1.82, 2.24) is 5.32 Å². The van der Waals surface area contributed by atoms with E-state index >= 15 is 0 Å². The fraction of sp³-hybridized carbons (Fsp3) is 1.00. The summed E-state index contributed by atoms with van der Waals surface area (Å²) in [6, 6.07) is 4.54. The zero-order valence-electron chi connectivity index (χ0n) is 8.98. The van der Waals surface area contributed by atoms with Crippen LogP contribution in [0.3, 0.4) is 0 Å². The highest BCUT2D eigenvalue weighted by Gasteiger charge is 2.28. The van der Waals surface area contributed by atoms with Crippen LogP contribution in [0, 0.1) is 0 Å². The topological polar surface area (TPSA) is 12.0 Å². The maximum Gasteiger partial charge on any atom is 0.0474 e. The first-order chi connectivity index (χ1) is 5.49. The van der Waals surface area contributed by atoms with Crippen molar-refractivity contribution >= 4 is 8.07 Å². The van der Waals surface area contributed by atoms with E-state index in [9.17, 15) is 0 Å². The fourth-order valence-electron chi connectivity index (χ4n) is 2.04. The van der Waals surface area contributed by atoms with Crippen molar-refractivity contribution in [2.24, 2.45) is 0 Å². The van der Waals surface area contributed by atoms with Gasteiger partial charge in [-0.15, -0.1) is 0 Å². The van der Waals surface area contributed by atoms with Gasteiger partial charge in [-0.25, -0.2) is 0 Å². The largest absolute Gasteiger partial charge is 0.312 e. The molecule has 72 valence electrons. The molecule has 0 aliphatic carbocycles. The number of hydrogen-bond acceptors (Lipinski definition) is 1. The molecule has 0 aromatic rings. The molecule has 1 rings (SSSR count). The average Bonchev–Trinajstić information content (AvgIpc) is 1.93. The molecule has 0 atom stereocenters. The van der Waals surface area contributed by atoms with E-state index in [0.717, 1.165) is 6.04 Å². The minimum Gasteiger partial charge on any atom is -0.312 e. The van der Waals surface area contributed by atoms with E-state index in [1.165, 1.54) is 24.9 Å². The third-order valence-electron chi connectivity index (χ3n) is 2.91. The average molecular weight is 185 g/mol. The Balaban J connectivity index is 2.27. The van der Waals surface area contributed by atoms with Crippen molar-refractivity contribution in [2.75, 3.05) is 0 Å². The summed E-state index contributed by atoms with van der Waals surface area (Å²) in [6.45, 7) is 9.55. The van der Waals surface area contributed by atoms with E-state index in [-0.39, 0.29) is 0 Å². The molecule has 0 bridgehead atoms. The molecule has 0 spiro atoms. The van der Waals surface area contributed by atoms with Gasteiger partial charge in [-0.2, -0.15) is 0 Å². The summed E-state index contributed by atoms with van der Waals surface area (Å²) in [4.78, 5) is 0. The van der Waals surface area contributed by atoms with Crippen molar-refractivity contribution < 1.29 is 0 Å². The Labute approximate surface area is 77.9 Å². The van der Waals surface area contributed by atoms with Gasteiger partial charge < -0.3 is 5.32 Å². The Morgan fingerprint density at radius 1 is 1.17 bits per heavy atom. The van der Waals surface area contributed by atoms with Crippen molar-refractivity contribution in [3.8, 4) is 0 Å². The lowest BCUT2D eigenvalue weighted by atomic mass is 10.1. The van der Waals surface area contributed by atoms with Crippen molar-refractivity contribution in [2.45, 2.75) is 64.0 Å². The summed E-state index contributed by atoms with van der Waals surface area (Å²) in [5.74, 6) is 0. The molecule has 12 heavy (non-hydrogen) atoms. The van der Waals surface area contributed by atoms with Crippen LogP contribution in [-0.2, 0) is 0 Å². The summed E-state index contributed by atoms with van der Waals surface area (Å²) < 4.78 is 0. The normalized spacial score (nSPS) is 24.8. The Bertz CT molecular complexity index is 133. The van der Waals surface area contributed by atoms with Gasteiger partial charge in [0.15, 0.2) is 0 Å². The summed E-state index contributed by atoms with van der Waals surface area (Å²) in [5, 5.41) is 3.64. The van der Waals surface area contributed by atoms with Gasteiger partial charge in [0.2, 0.25) is 0 Å². The van der Waals surface area contributed by atoms with Crippen LogP contribution in [0.25, 0.3) is 0 Å². The Morgan fingerprint density at radius 2 is 1.67 bits per heavy atom. The molecule has 0 aromatic carbocycles. The molecule has 1 fully saturated rings. The highest BCUT2D eigenvalue weighted by Crippen LogP contribution is 2.28. The minimum atomic E-state index is -0.723. The quantitative estimate of drug-likeness (QED) is 0.652. The maximum absolute atomic E-state index is 3.64. The van der Waals surface area contributed by atoms with E-state index in [1.807, 2.05) is 0 Å². The molecular formula is C10H23NSi. The number of rotatable bonds is 2. The van der Waals surface area contributed by atoms with Crippen LogP contribution >= 0.6 is 0 Å². The molecule has 1 nitrogen and oxygen atoms in total. The minimum absolute atomic E-state index is 0.665. The van der Waals surface area contributed by atoms with E-state index in [0.29, 0.717) is 6.04 Å². The standard InChI is InChI=1S/C10H23NSi/c1-9(2)11-10-5-7-12(3,4)8-6-10/h9-11H,5-8H2,1-4H3. The Kier molecular flexibility index (Phi) is 3.35. The highest BCUT2D eigenvalue weighted by atomic mass is 28.3. The summed E-state index contributed by atoms with van der Waals surface area (Å²) >= 11 is 0. The van der Waals surface area contributed by atoms with Gasteiger partial charge in [0.1, 0.15) is 0 Å². The number of hydrogen-bond donors (Lipinski definition) is 1. The first-order valence-electron chi connectivity index (χ1n) is 5.26. The zero-order valence-corrected chi connectivity index (χ0v) is 9.98. The first-order valence-corrected chi connectivity index (χ1v) is 8.67. The summed E-state index contributed by atoms with van der Waals surface area (Å²) in [7, 11) is -0.723. The van der Waals surface area contributed by atoms with Crippen LogP contribution in [0.15, 0.2) is 0 Å². The fourth-order valence-corrected chi connectivity index (χ4v) is 4.55. The molecule has 1 aliphatic heterocycles. The van der Waals surface area contributed by atoms with Crippen LogP contribution < -0.4 is 5.32 Å². The van der Waals surface area contributed by atoms with Gasteiger partial charge in [-0.3, -0.25) is 0 Å². The molecule has 0 saturated carbocycles. The zero-order chi connectivity index (χ0) is 9.19. The SMILES string of the molecule is CC(C)NC1CC[Si](C)(C)CC1. The van der Waals surface area contributed by atoms with Crippen molar-refractivity contribution in [1.29, 1.82) is 0 Å². The molecule has 0 aromatic heterocycles. The monoisotopic (exact) mass is 185 g/mol. The van der Waals surface area contributed by atoms with Gasteiger partial charge in [-0.05, 0) is 12.8 Å². The molecule has 0 radical (unpaired) electrons. The van der Waals surface area contributed by atoms with Crippen LogP contribution in [0.1, 0.15) is 26.7 Å². The van der Waals surface area contributed by atoms with Gasteiger partial charge in [0, 0.05) is 20.2 Å². The molecule has 1 heterocycles. The Hall–Kier alpha value is 0.177. The lowest BCUT2D eigenvalue weighted by molar-refractivity contribution is 0.426. The summed E-state index contributed by atoms with van der Waals surface area (Å²) in [6.07, 6.45) is 2.86. The lowest BCUT2D eigenvalue weighted by Gasteiger charge is -2.34. The smallest absolute Gasteiger partial charge is 0.0474 e. The maximum atomic E-state index is 3.64. The molecule has 0 amide bonds. The molecule has 2 heteroatoms. The van der Waals surface area contributed by atoms with Gasteiger partial charge in [-0.1, -0.05) is 39.0 Å². The Morgan fingerprint density at radius 3 is 2.08 bits per heavy atom.